The minimum absolute atomic E-state index is 0.0369. The molecule has 8 fully saturated rings. The van der Waals surface area contributed by atoms with E-state index in [1.54, 1.807) is 0 Å². The fourth-order valence-electron chi connectivity index (χ4n) is 21.7. The molecule has 2 aromatic carbocycles. The summed E-state index contributed by atoms with van der Waals surface area (Å²) in [6, 6.07) is 19.0. The summed E-state index contributed by atoms with van der Waals surface area (Å²) in [6.45, 7) is 20.5. The summed E-state index contributed by atoms with van der Waals surface area (Å²) in [4.78, 5) is 23.1. The number of carbonyl (C=O) groups is 2. The molecule has 8 aliphatic carbocycles. The lowest BCUT2D eigenvalue weighted by Crippen LogP contribution is -2.62. The predicted molar refractivity (Wildman–Crippen MR) is 318 cm³/mol. The third-order valence-electron chi connectivity index (χ3n) is 25.4. The van der Waals surface area contributed by atoms with Crippen LogP contribution in [0.25, 0.3) is 0 Å². The molecule has 80 heavy (non-hydrogen) atoms. The highest BCUT2D eigenvalue weighted by molar-refractivity contribution is 7.90. The number of hydrogen-bond donors (Lipinski definition) is 2. The summed E-state index contributed by atoms with van der Waals surface area (Å²) >= 11 is 0. The largest absolute Gasteiger partial charge is 0.465 e. The van der Waals surface area contributed by atoms with E-state index in [0.29, 0.717) is 96.3 Å². The van der Waals surface area contributed by atoms with Crippen molar-refractivity contribution >= 4 is 32.6 Å². The molecule has 22 atom stereocenters. The van der Waals surface area contributed by atoms with Gasteiger partial charge in [-0.05, 0) is 232 Å². The van der Waals surface area contributed by atoms with Crippen LogP contribution >= 0.6 is 0 Å². The SMILES string of the molecule is CC[C@@H]1C2C[C@H](O)CCC2(C)[C@H]2CCC3(C)C([C@H](C)CCCS(=O)(=O)Cc4ccccc4)CC[C@H]3[C@@H]2[C@@H]1O.CC[C@H]1C(OC=O)[C@@H]2[C@H](CCC3(C)C([C@H](C)CCCS(=O)(=O)Cc4ccccc4)CC[C@@H]23)C2(C)CC[C@@H](OC=O)CC12. The van der Waals surface area contributed by atoms with Crippen LogP contribution in [0.3, 0.4) is 0 Å². The minimum atomic E-state index is -3.13. The Kier molecular flexibility index (Phi) is 19.3. The van der Waals surface area contributed by atoms with E-state index in [-0.39, 0.29) is 75.0 Å². The maximum absolute atomic E-state index is 12.8. The van der Waals surface area contributed by atoms with Gasteiger partial charge in [-0.1, -0.05) is 122 Å². The van der Waals surface area contributed by atoms with Crippen molar-refractivity contribution in [1.29, 1.82) is 0 Å². The molecule has 8 saturated carbocycles. The first-order valence-corrected chi connectivity index (χ1v) is 35.7. The maximum atomic E-state index is 12.8. The smallest absolute Gasteiger partial charge is 0.293 e. The van der Waals surface area contributed by atoms with Crippen molar-refractivity contribution in [3.63, 3.8) is 0 Å². The second-order valence-corrected chi connectivity index (χ2v) is 33.4. The lowest BCUT2D eigenvalue weighted by atomic mass is 9.41. The van der Waals surface area contributed by atoms with Crippen molar-refractivity contribution in [3.05, 3.63) is 71.8 Å². The van der Waals surface area contributed by atoms with Gasteiger partial charge in [-0.2, -0.15) is 0 Å². The number of carbonyl (C=O) groups excluding carboxylic acids is 2. The molecule has 2 aromatic rings. The van der Waals surface area contributed by atoms with Gasteiger partial charge in [-0.25, -0.2) is 16.8 Å². The number of hydrogen-bond acceptors (Lipinski definition) is 10. The van der Waals surface area contributed by atoms with E-state index < -0.39 is 19.7 Å². The van der Waals surface area contributed by atoms with E-state index in [1.165, 1.54) is 38.5 Å². The van der Waals surface area contributed by atoms with Crippen LogP contribution in [0.4, 0.5) is 0 Å². The summed E-state index contributed by atoms with van der Waals surface area (Å²) in [5.74, 6) is 7.14. The highest BCUT2D eigenvalue weighted by Gasteiger charge is 2.67. The molecule has 448 valence electrons. The molecule has 2 N–H and O–H groups in total. The Morgan fingerprint density at radius 1 is 0.537 bits per heavy atom. The van der Waals surface area contributed by atoms with Gasteiger partial charge in [0.2, 0.25) is 0 Å². The zero-order valence-corrected chi connectivity index (χ0v) is 51.9. The Hall–Kier alpha value is -2.80. The number of aliphatic hydroxyl groups is 2. The van der Waals surface area contributed by atoms with Gasteiger partial charge in [-0.3, -0.25) is 9.59 Å². The second kappa shape index (κ2) is 25.0. The Morgan fingerprint density at radius 3 is 1.46 bits per heavy atom. The number of rotatable bonds is 20. The lowest BCUT2D eigenvalue weighted by Gasteiger charge is -2.65. The van der Waals surface area contributed by atoms with Crippen molar-refractivity contribution < 1.29 is 46.1 Å². The van der Waals surface area contributed by atoms with Gasteiger partial charge < -0.3 is 19.7 Å². The lowest BCUT2D eigenvalue weighted by molar-refractivity contribution is -0.213. The number of fused-ring (bicyclic) bond motifs is 10. The Bertz CT molecular complexity index is 2600. The Morgan fingerprint density at radius 2 is 0.975 bits per heavy atom. The number of aliphatic hydroxyl groups excluding tert-OH is 2. The molecule has 12 heteroatoms. The molecular weight excluding hydrogens is 1040 g/mol. The first-order chi connectivity index (χ1) is 38.1. The van der Waals surface area contributed by atoms with Crippen molar-refractivity contribution in [2.75, 3.05) is 11.5 Å². The first-order valence-electron chi connectivity index (χ1n) is 32.1. The van der Waals surface area contributed by atoms with E-state index >= 15 is 0 Å². The van der Waals surface area contributed by atoms with Crippen molar-refractivity contribution in [1.82, 2.24) is 0 Å². The second-order valence-electron chi connectivity index (χ2n) is 29.0. The summed E-state index contributed by atoms with van der Waals surface area (Å²) in [7, 11) is -6.23. The van der Waals surface area contributed by atoms with Crippen LogP contribution in [-0.2, 0) is 50.2 Å². The molecule has 10 rings (SSSR count). The molecule has 0 aromatic heterocycles. The molecular formula is C68H104O10S2. The molecule has 9 unspecified atom stereocenters. The third-order valence-corrected chi connectivity index (χ3v) is 28.8. The van der Waals surface area contributed by atoms with E-state index in [0.717, 1.165) is 94.6 Å². The first kappa shape index (κ1) is 61.8. The van der Waals surface area contributed by atoms with E-state index in [4.69, 9.17) is 9.47 Å². The summed E-state index contributed by atoms with van der Waals surface area (Å²) in [5, 5.41) is 22.4. The summed E-state index contributed by atoms with van der Waals surface area (Å²) in [6.07, 6.45) is 19.9. The topological polar surface area (TPSA) is 161 Å². The average Bonchev–Trinajstić information content (AvgIpc) is 3.99. The molecule has 8 aliphatic rings. The number of ether oxygens (including phenoxy) is 2. The van der Waals surface area contributed by atoms with Crippen LogP contribution in [0.5, 0.6) is 0 Å². The fraction of sp³-hybridized carbons (Fsp3) is 0.794. The van der Waals surface area contributed by atoms with Crippen LogP contribution in [0.15, 0.2) is 60.7 Å². The average molecular weight is 1150 g/mol. The van der Waals surface area contributed by atoms with Gasteiger partial charge in [0.25, 0.3) is 12.9 Å². The number of sulfone groups is 2. The molecule has 0 spiro atoms. The highest BCUT2D eigenvalue weighted by Crippen LogP contribution is 2.72. The van der Waals surface area contributed by atoms with Gasteiger partial charge in [-0.15, -0.1) is 0 Å². The molecule has 0 amide bonds. The van der Waals surface area contributed by atoms with Crippen LogP contribution in [0, 0.1) is 105 Å². The van der Waals surface area contributed by atoms with Crippen LogP contribution < -0.4 is 0 Å². The Labute approximate surface area is 483 Å². The van der Waals surface area contributed by atoms with Gasteiger partial charge in [0, 0.05) is 5.92 Å². The molecule has 0 bridgehead atoms. The summed E-state index contributed by atoms with van der Waals surface area (Å²) < 4.78 is 62.8. The Balaban J connectivity index is 0.000000195. The van der Waals surface area contributed by atoms with Gasteiger partial charge >= 0.3 is 0 Å². The molecule has 0 heterocycles. The van der Waals surface area contributed by atoms with Crippen LogP contribution in [-0.4, -0.2) is 75.9 Å². The third kappa shape index (κ3) is 12.1. The maximum Gasteiger partial charge on any atom is 0.293 e. The van der Waals surface area contributed by atoms with Crippen molar-refractivity contribution in [3.8, 4) is 0 Å². The zero-order valence-electron chi connectivity index (χ0n) is 50.3. The predicted octanol–water partition coefficient (Wildman–Crippen LogP) is 13.7. The molecule has 0 radical (unpaired) electrons. The minimum Gasteiger partial charge on any atom is -0.465 e. The number of benzene rings is 2. The summed E-state index contributed by atoms with van der Waals surface area (Å²) in [5.41, 5.74) is 2.55. The highest BCUT2D eigenvalue weighted by atomic mass is 32.2. The van der Waals surface area contributed by atoms with Gasteiger partial charge in [0.15, 0.2) is 19.7 Å². The van der Waals surface area contributed by atoms with Crippen LogP contribution in [0.1, 0.15) is 195 Å². The molecule has 0 aliphatic heterocycles. The quantitative estimate of drug-likeness (QED) is 0.122. The van der Waals surface area contributed by atoms with Crippen LogP contribution in [0.2, 0.25) is 0 Å². The normalized spacial score (nSPS) is 41.8. The van der Waals surface area contributed by atoms with Gasteiger partial charge in [0.05, 0.1) is 35.2 Å². The van der Waals surface area contributed by atoms with E-state index in [1.807, 2.05) is 60.7 Å². The van der Waals surface area contributed by atoms with Crippen molar-refractivity contribution in [2.45, 2.75) is 220 Å². The zero-order chi connectivity index (χ0) is 57.4. The van der Waals surface area contributed by atoms with Gasteiger partial charge in [0.1, 0.15) is 12.2 Å². The fourth-order valence-corrected chi connectivity index (χ4v) is 24.6. The monoisotopic (exact) mass is 1140 g/mol. The van der Waals surface area contributed by atoms with E-state index in [9.17, 15) is 36.6 Å². The molecule has 10 nitrogen and oxygen atoms in total. The standard InChI is InChI=1S/C35H52O6S.C33H52O4S/c1-5-27-31-20-26(40-22-36)15-17-35(31,4)30-16-18-34(3)28(13-14-29(34)32(30)33(27)41-23-37)24(2)10-9-19-42(38,39)21-25-11-7-6-8-12-25;1-5-25-29-20-24(34)15-17-33(29,4)28-16-18-32(3)26(13-14-27(32)30(28)31(25)35)22(2)10-9-19-38(36,37)21-23-11-7-6-8-12-23/h6-8,11-12,22-24,26-33H,5,9-10,13-21H2,1-4H3;6-8,11-12,22,24-31,34-35H,5,9-10,13-21H2,1-4H3/t24-,26-,27-,28?,29+,30+,31?,32+,33?,34?,35?;22-,24-,25-,26?,27+,28+,29?,30+,31-,32?,33?/m11/s1. The van der Waals surface area contributed by atoms with Crippen molar-refractivity contribution in [2.24, 2.45) is 105 Å². The van der Waals surface area contributed by atoms with E-state index in [2.05, 4.69) is 55.4 Å². The molecule has 0 saturated heterocycles.